The van der Waals surface area contributed by atoms with Gasteiger partial charge >= 0.3 is 0 Å². The molecule has 0 bridgehead atoms. The van der Waals surface area contributed by atoms with Crippen molar-refractivity contribution in [2.24, 2.45) is 0 Å². The van der Waals surface area contributed by atoms with E-state index in [0.717, 1.165) is 73.1 Å². The van der Waals surface area contributed by atoms with E-state index in [0.29, 0.717) is 17.6 Å². The minimum absolute atomic E-state index is 0.562. The Kier molecular flexibility index (Phi) is 8.51. The first kappa shape index (κ1) is 37.9. The normalized spacial score (nSPS) is 13.1. The van der Waals surface area contributed by atoms with Crippen molar-refractivity contribution in [2.45, 2.75) is 12.8 Å². The van der Waals surface area contributed by atoms with Gasteiger partial charge in [-0.15, -0.1) is 11.3 Å². The van der Waals surface area contributed by atoms with Crippen LogP contribution in [0, 0.1) is 0 Å². The Morgan fingerprint density at radius 1 is 0.448 bits per heavy atom. The van der Waals surface area contributed by atoms with Crippen LogP contribution >= 0.6 is 11.3 Å². The third-order valence-electron chi connectivity index (χ3n) is 13.5. The Morgan fingerprint density at radius 2 is 1.13 bits per heavy atom. The number of para-hydroxylation sites is 2. The number of nitrogens with zero attached hydrogens (tertiary/aromatic N) is 4. The molecule has 1 aliphatic carbocycles. The number of benzene rings is 9. The number of allylic oxidation sites excluding steroid dienone is 4. The van der Waals surface area contributed by atoms with Crippen molar-refractivity contribution in [3.05, 3.63) is 217 Å². The average molecular weight is 875 g/mol. The van der Waals surface area contributed by atoms with E-state index in [9.17, 15) is 0 Å². The molecule has 4 aromatic heterocycles. The molecular formula is C61H38N4OS. The summed E-state index contributed by atoms with van der Waals surface area (Å²) in [6.07, 6.45) is 6.63. The van der Waals surface area contributed by atoms with Crippen LogP contribution in [0.1, 0.15) is 24.0 Å². The van der Waals surface area contributed by atoms with Crippen LogP contribution in [0.15, 0.2) is 211 Å². The van der Waals surface area contributed by atoms with Gasteiger partial charge in [-0.1, -0.05) is 152 Å². The maximum absolute atomic E-state index is 6.38. The Bertz CT molecular complexity index is 4230. The number of thiophene rings is 1. The molecule has 13 aromatic rings. The Labute approximate surface area is 389 Å². The summed E-state index contributed by atoms with van der Waals surface area (Å²) in [5.41, 5.74) is 12.9. The van der Waals surface area contributed by atoms with Crippen molar-refractivity contribution in [1.29, 1.82) is 0 Å². The summed E-state index contributed by atoms with van der Waals surface area (Å²) < 4.78 is 11.3. The van der Waals surface area contributed by atoms with Crippen LogP contribution < -0.4 is 0 Å². The van der Waals surface area contributed by atoms with Crippen molar-refractivity contribution in [1.82, 2.24) is 19.5 Å². The van der Waals surface area contributed by atoms with Crippen LogP contribution in [-0.2, 0) is 0 Å². The van der Waals surface area contributed by atoms with E-state index in [2.05, 4.69) is 174 Å². The zero-order valence-corrected chi connectivity index (χ0v) is 37.0. The van der Waals surface area contributed by atoms with E-state index < -0.39 is 0 Å². The van der Waals surface area contributed by atoms with Gasteiger partial charge in [0, 0.05) is 58.4 Å². The molecule has 0 radical (unpaired) electrons. The summed E-state index contributed by atoms with van der Waals surface area (Å²) in [6, 6.07) is 69.3. The van der Waals surface area contributed by atoms with Gasteiger partial charge in [0.1, 0.15) is 11.2 Å². The molecule has 0 amide bonds. The topological polar surface area (TPSA) is 56.7 Å². The molecular weight excluding hydrogens is 837 g/mol. The number of fused-ring (bicyclic) bond motifs is 10. The zero-order chi connectivity index (χ0) is 44.0. The fourth-order valence-electron chi connectivity index (χ4n) is 10.3. The molecule has 0 unspecified atom stereocenters. The van der Waals surface area contributed by atoms with Crippen molar-refractivity contribution in [2.75, 3.05) is 0 Å². The van der Waals surface area contributed by atoms with Crippen LogP contribution in [-0.4, -0.2) is 19.5 Å². The molecule has 0 saturated heterocycles. The van der Waals surface area contributed by atoms with Crippen LogP contribution in [0.4, 0.5) is 0 Å². The highest BCUT2D eigenvalue weighted by atomic mass is 32.1. The first-order chi connectivity index (χ1) is 33.2. The molecule has 0 spiro atoms. The summed E-state index contributed by atoms with van der Waals surface area (Å²) in [7, 11) is 0. The van der Waals surface area contributed by atoms with Gasteiger partial charge in [-0.05, 0) is 106 Å². The van der Waals surface area contributed by atoms with Gasteiger partial charge in [0.05, 0.1) is 11.0 Å². The van der Waals surface area contributed by atoms with E-state index in [1.807, 2.05) is 47.7 Å². The molecule has 5 nitrogen and oxygen atoms in total. The predicted octanol–water partition coefficient (Wildman–Crippen LogP) is 16.7. The van der Waals surface area contributed by atoms with Crippen molar-refractivity contribution >= 4 is 97.2 Å². The smallest absolute Gasteiger partial charge is 0.238 e. The number of hydrogen-bond donors (Lipinski definition) is 0. The maximum atomic E-state index is 6.38. The second-order valence-electron chi connectivity index (χ2n) is 17.5. The summed E-state index contributed by atoms with van der Waals surface area (Å²) in [5, 5.41) is 9.42. The summed E-state index contributed by atoms with van der Waals surface area (Å²) in [6.45, 7) is 0. The van der Waals surface area contributed by atoms with Gasteiger partial charge in [-0.3, -0.25) is 4.57 Å². The second kappa shape index (κ2) is 15.1. The average Bonchev–Trinajstić information content (AvgIpc) is 4.07. The van der Waals surface area contributed by atoms with E-state index in [1.165, 1.54) is 59.0 Å². The lowest BCUT2D eigenvalue weighted by Gasteiger charge is -2.18. The van der Waals surface area contributed by atoms with E-state index in [4.69, 9.17) is 19.4 Å². The predicted molar refractivity (Wildman–Crippen MR) is 280 cm³/mol. The van der Waals surface area contributed by atoms with Crippen LogP contribution in [0.2, 0.25) is 0 Å². The number of aromatic nitrogens is 4. The van der Waals surface area contributed by atoms with Crippen molar-refractivity contribution in [3.8, 4) is 39.9 Å². The second-order valence-corrected chi connectivity index (χ2v) is 18.6. The molecule has 4 heterocycles. The molecule has 0 fully saturated rings. The van der Waals surface area contributed by atoms with Gasteiger partial charge in [-0.25, -0.2) is 4.98 Å². The van der Waals surface area contributed by atoms with Gasteiger partial charge in [0.2, 0.25) is 5.95 Å². The summed E-state index contributed by atoms with van der Waals surface area (Å²) >= 11 is 1.86. The minimum Gasteiger partial charge on any atom is -0.456 e. The highest BCUT2D eigenvalue weighted by Gasteiger charge is 2.23. The SMILES string of the molecule is C1=C(c2cccc(-c3ccc4sc5ccccc5c4c3)c2)C=C(c2cccc3c4cc5ccccc5cc4n(-c4nc(-c5ccccc5)nc(-c5ccc6c(c5)oc5ccccc56)n4)c23)CC1. The van der Waals surface area contributed by atoms with Gasteiger partial charge in [0.15, 0.2) is 11.6 Å². The van der Waals surface area contributed by atoms with Crippen molar-refractivity contribution < 1.29 is 4.42 Å². The lowest BCUT2D eigenvalue weighted by molar-refractivity contribution is 0.669. The van der Waals surface area contributed by atoms with E-state index in [1.54, 1.807) is 0 Å². The summed E-state index contributed by atoms with van der Waals surface area (Å²) in [5.74, 6) is 1.74. The molecule has 314 valence electrons. The first-order valence-electron chi connectivity index (χ1n) is 22.8. The highest BCUT2D eigenvalue weighted by Crippen LogP contribution is 2.42. The lowest BCUT2D eigenvalue weighted by Crippen LogP contribution is -2.07. The lowest BCUT2D eigenvalue weighted by atomic mass is 9.89. The molecule has 0 N–H and O–H groups in total. The van der Waals surface area contributed by atoms with E-state index >= 15 is 0 Å². The van der Waals surface area contributed by atoms with Crippen LogP contribution in [0.5, 0.6) is 0 Å². The van der Waals surface area contributed by atoms with Gasteiger partial charge in [-0.2, -0.15) is 9.97 Å². The van der Waals surface area contributed by atoms with Gasteiger partial charge in [0.25, 0.3) is 0 Å². The van der Waals surface area contributed by atoms with Crippen molar-refractivity contribution in [3.63, 3.8) is 0 Å². The van der Waals surface area contributed by atoms with Gasteiger partial charge < -0.3 is 4.42 Å². The quantitative estimate of drug-likeness (QED) is 0.167. The minimum atomic E-state index is 0.562. The third-order valence-corrected chi connectivity index (χ3v) is 14.7. The molecule has 0 atom stereocenters. The molecule has 0 aliphatic heterocycles. The molecule has 9 aromatic carbocycles. The summed E-state index contributed by atoms with van der Waals surface area (Å²) in [4.78, 5) is 15.9. The molecule has 1 aliphatic rings. The molecule has 6 heteroatoms. The number of hydrogen-bond acceptors (Lipinski definition) is 5. The fourth-order valence-corrected chi connectivity index (χ4v) is 11.4. The highest BCUT2D eigenvalue weighted by molar-refractivity contribution is 7.25. The first-order valence-corrected chi connectivity index (χ1v) is 23.6. The zero-order valence-electron chi connectivity index (χ0n) is 36.1. The fraction of sp³-hybridized carbons (Fsp3) is 0.0328. The molecule has 14 rings (SSSR count). The standard InChI is InChI=1S/C61H38N4OS/c1-2-13-37(14-3-1)59-62-60(45-27-29-48-47-21-6-8-25-54(47)66-55(48)36-45)64-61(63-59)65-53-35-42-16-5-4-15-41(42)33-51(53)50-24-12-23-46(58(50)65)44-20-11-19-40(32-44)38-17-10-18-39(31-38)43-28-30-57-52(34-43)49-22-7-9-26-56(49)67-57/h1-10,12-19,21-36H,11,20H2. The Balaban J connectivity index is 0.955. The Hall–Kier alpha value is -8.45. The number of furan rings is 1. The van der Waals surface area contributed by atoms with Crippen LogP contribution in [0.3, 0.4) is 0 Å². The molecule has 0 saturated carbocycles. The largest absolute Gasteiger partial charge is 0.456 e. The van der Waals surface area contributed by atoms with E-state index in [-0.39, 0.29) is 0 Å². The van der Waals surface area contributed by atoms with Crippen LogP contribution in [0.25, 0.3) is 126 Å². The Morgan fingerprint density at radius 3 is 2.04 bits per heavy atom. The monoisotopic (exact) mass is 874 g/mol. The third kappa shape index (κ3) is 6.25. The molecule has 67 heavy (non-hydrogen) atoms. The maximum Gasteiger partial charge on any atom is 0.238 e. The number of rotatable bonds is 6.